The van der Waals surface area contributed by atoms with Crippen molar-refractivity contribution in [2.75, 3.05) is 11.4 Å². The van der Waals surface area contributed by atoms with E-state index < -0.39 is 0 Å². The molecule has 1 amide bonds. The average Bonchev–Trinajstić information content (AvgIpc) is 2.87. The molecule has 1 aromatic rings. The van der Waals surface area contributed by atoms with Gasteiger partial charge in [0.05, 0.1) is 5.57 Å². The third-order valence-electron chi connectivity index (χ3n) is 3.61. The van der Waals surface area contributed by atoms with Crippen molar-refractivity contribution >= 4 is 11.6 Å². The Labute approximate surface area is 107 Å². The topological polar surface area (TPSA) is 46.3 Å². The fourth-order valence-electron chi connectivity index (χ4n) is 2.74. The van der Waals surface area contributed by atoms with Gasteiger partial charge in [-0.2, -0.15) is 0 Å². The van der Waals surface area contributed by atoms with Gasteiger partial charge in [0.15, 0.2) is 0 Å². The normalized spacial score (nSPS) is 17.6. The summed E-state index contributed by atoms with van der Waals surface area (Å²) in [4.78, 5) is 13.4. The van der Waals surface area contributed by atoms with Crippen molar-refractivity contribution in [2.45, 2.75) is 19.3 Å². The maximum absolute atomic E-state index is 11.2. The van der Waals surface area contributed by atoms with Gasteiger partial charge in [0.1, 0.15) is 0 Å². The molecule has 1 heterocycles. The summed E-state index contributed by atoms with van der Waals surface area (Å²) in [7, 11) is 0. The number of nitrogens with two attached hydrogens (primary N) is 1. The van der Waals surface area contributed by atoms with Crippen LogP contribution in [0.5, 0.6) is 0 Å². The van der Waals surface area contributed by atoms with E-state index in [0.717, 1.165) is 13.0 Å². The first-order valence-electron chi connectivity index (χ1n) is 6.31. The molecule has 1 aliphatic carbocycles. The van der Waals surface area contributed by atoms with Crippen LogP contribution in [-0.4, -0.2) is 12.5 Å². The summed E-state index contributed by atoms with van der Waals surface area (Å²) in [6, 6.07) is 6.42. The molecule has 0 spiro atoms. The summed E-state index contributed by atoms with van der Waals surface area (Å²) in [5.41, 5.74) is 9.98. The van der Waals surface area contributed by atoms with E-state index in [1.807, 2.05) is 12.3 Å². The van der Waals surface area contributed by atoms with Crippen molar-refractivity contribution in [1.29, 1.82) is 0 Å². The number of benzene rings is 1. The fourth-order valence-corrected chi connectivity index (χ4v) is 2.74. The van der Waals surface area contributed by atoms with Crippen LogP contribution in [0.4, 0.5) is 5.69 Å². The molecule has 0 atom stereocenters. The zero-order valence-corrected chi connectivity index (χ0v) is 10.2. The molecule has 3 nitrogen and oxygen atoms in total. The van der Waals surface area contributed by atoms with Crippen molar-refractivity contribution in [2.24, 2.45) is 5.73 Å². The number of fused-ring (bicyclic) bond motifs is 1. The van der Waals surface area contributed by atoms with Crippen molar-refractivity contribution in [3.63, 3.8) is 0 Å². The van der Waals surface area contributed by atoms with Gasteiger partial charge in [-0.3, -0.25) is 4.79 Å². The number of nitrogens with zero attached hydrogens (tertiary/aromatic N) is 1. The minimum Gasteiger partial charge on any atom is -0.366 e. The molecule has 2 N–H and O–H groups in total. The Balaban J connectivity index is 1.99. The predicted molar refractivity (Wildman–Crippen MR) is 72.2 cm³/mol. The number of carbonyl (C=O) groups is 1. The Morgan fingerprint density at radius 1 is 1.28 bits per heavy atom. The molecule has 0 saturated carbocycles. The molecule has 0 bridgehead atoms. The van der Waals surface area contributed by atoms with Gasteiger partial charge in [-0.25, -0.2) is 0 Å². The number of primary amides is 1. The first-order valence-corrected chi connectivity index (χ1v) is 6.31. The second-order valence-electron chi connectivity index (χ2n) is 4.77. The van der Waals surface area contributed by atoms with E-state index in [1.54, 1.807) is 6.08 Å². The lowest BCUT2D eigenvalue weighted by molar-refractivity contribution is -0.114. The number of carbonyl (C=O) groups excluding carboxylic acids is 1. The molecule has 3 rings (SSSR count). The Bertz CT molecular complexity index is 558. The van der Waals surface area contributed by atoms with Crippen LogP contribution >= 0.6 is 0 Å². The van der Waals surface area contributed by atoms with Gasteiger partial charge < -0.3 is 10.6 Å². The lowest BCUT2D eigenvalue weighted by Crippen LogP contribution is -2.24. The van der Waals surface area contributed by atoms with Crippen LogP contribution < -0.4 is 10.6 Å². The van der Waals surface area contributed by atoms with Gasteiger partial charge in [0.2, 0.25) is 5.91 Å². The molecule has 0 aromatic heterocycles. The van der Waals surface area contributed by atoms with Crippen LogP contribution in [-0.2, 0) is 17.6 Å². The molecule has 3 heteroatoms. The zero-order chi connectivity index (χ0) is 12.5. The van der Waals surface area contributed by atoms with Gasteiger partial charge in [-0.15, -0.1) is 0 Å². The highest BCUT2D eigenvalue weighted by atomic mass is 16.1. The molecular weight excluding hydrogens is 224 g/mol. The first kappa shape index (κ1) is 11.1. The summed E-state index contributed by atoms with van der Waals surface area (Å²) in [6.45, 7) is 0.799. The largest absolute Gasteiger partial charge is 0.366 e. The minimum absolute atomic E-state index is 0.372. The summed E-state index contributed by atoms with van der Waals surface area (Å²) in [6.07, 6.45) is 9.15. The van der Waals surface area contributed by atoms with Crippen molar-refractivity contribution in [1.82, 2.24) is 0 Å². The number of aryl methyl sites for hydroxylation is 1. The van der Waals surface area contributed by atoms with Gasteiger partial charge in [0.25, 0.3) is 0 Å². The summed E-state index contributed by atoms with van der Waals surface area (Å²) in [5.74, 6) is -0.372. The fraction of sp³-hybridized carbons (Fsp3) is 0.267. The Morgan fingerprint density at radius 2 is 2.17 bits per heavy atom. The number of hydrogen-bond acceptors (Lipinski definition) is 2. The van der Waals surface area contributed by atoms with Crippen LogP contribution in [0.3, 0.4) is 0 Å². The van der Waals surface area contributed by atoms with Gasteiger partial charge in [0, 0.05) is 18.4 Å². The van der Waals surface area contributed by atoms with Gasteiger partial charge in [-0.1, -0.05) is 24.3 Å². The minimum atomic E-state index is -0.372. The maximum Gasteiger partial charge on any atom is 0.250 e. The molecule has 0 radical (unpaired) electrons. The first-order chi connectivity index (χ1) is 8.75. The summed E-state index contributed by atoms with van der Waals surface area (Å²) < 4.78 is 0. The predicted octanol–water partition coefficient (Wildman–Crippen LogP) is 1.92. The molecule has 2 aliphatic rings. The molecule has 18 heavy (non-hydrogen) atoms. The highest BCUT2D eigenvalue weighted by Crippen LogP contribution is 2.32. The average molecular weight is 240 g/mol. The monoisotopic (exact) mass is 240 g/mol. The van der Waals surface area contributed by atoms with Crippen molar-refractivity contribution in [3.05, 3.63) is 53.3 Å². The van der Waals surface area contributed by atoms with Gasteiger partial charge in [-0.05, 0) is 36.5 Å². The smallest absolute Gasteiger partial charge is 0.250 e. The molecule has 0 fully saturated rings. The van der Waals surface area contributed by atoms with Crippen molar-refractivity contribution < 1.29 is 4.79 Å². The third kappa shape index (κ3) is 1.82. The number of hydrogen-bond donors (Lipinski definition) is 1. The van der Waals surface area contributed by atoms with E-state index in [9.17, 15) is 4.79 Å². The molecule has 0 saturated heterocycles. The molecule has 92 valence electrons. The van der Waals surface area contributed by atoms with Crippen LogP contribution in [0.15, 0.2) is 42.1 Å². The third-order valence-corrected chi connectivity index (χ3v) is 3.61. The van der Waals surface area contributed by atoms with E-state index in [-0.39, 0.29) is 5.91 Å². The highest BCUT2D eigenvalue weighted by Gasteiger charge is 2.19. The lowest BCUT2D eigenvalue weighted by Gasteiger charge is -2.25. The van der Waals surface area contributed by atoms with E-state index >= 15 is 0 Å². The molecule has 0 unspecified atom stereocenters. The van der Waals surface area contributed by atoms with Crippen molar-refractivity contribution in [3.8, 4) is 0 Å². The summed E-state index contributed by atoms with van der Waals surface area (Å²) in [5, 5.41) is 0. The second-order valence-corrected chi connectivity index (χ2v) is 4.77. The van der Waals surface area contributed by atoms with Gasteiger partial charge >= 0.3 is 0 Å². The lowest BCUT2D eigenvalue weighted by atomic mass is 10.1. The van der Waals surface area contributed by atoms with E-state index in [0.29, 0.717) is 5.57 Å². The van der Waals surface area contributed by atoms with E-state index in [1.165, 1.54) is 29.7 Å². The van der Waals surface area contributed by atoms with E-state index in [2.05, 4.69) is 23.1 Å². The number of amides is 1. The standard InChI is InChI=1S/C15H16N2O/c16-15(18)12-6-3-9-17(10-12)14-8-2-5-11-4-1-7-13(11)14/h2-3,5-6,8,10H,1,4,7,9H2,(H2,16,18). The number of rotatable bonds is 2. The Hall–Kier alpha value is -2.03. The summed E-state index contributed by atoms with van der Waals surface area (Å²) >= 11 is 0. The van der Waals surface area contributed by atoms with Crippen LogP contribution in [0.2, 0.25) is 0 Å². The van der Waals surface area contributed by atoms with Crippen LogP contribution in [0, 0.1) is 0 Å². The Kier molecular flexibility index (Phi) is 2.67. The highest BCUT2D eigenvalue weighted by molar-refractivity contribution is 5.95. The molecule has 1 aromatic carbocycles. The quantitative estimate of drug-likeness (QED) is 0.858. The maximum atomic E-state index is 11.2. The second kappa shape index (κ2) is 4.33. The van der Waals surface area contributed by atoms with E-state index in [4.69, 9.17) is 5.73 Å². The molecular formula is C15H16N2O. The SMILES string of the molecule is NC(=O)C1=CN(c2cccc3c2CCC3)CC=C1. The van der Waals surface area contributed by atoms with Crippen LogP contribution in [0.25, 0.3) is 0 Å². The number of anilines is 1. The Morgan fingerprint density at radius 3 is 3.00 bits per heavy atom. The zero-order valence-electron chi connectivity index (χ0n) is 10.2. The van der Waals surface area contributed by atoms with Crippen LogP contribution in [0.1, 0.15) is 17.5 Å². The molecule has 1 aliphatic heterocycles.